The summed E-state index contributed by atoms with van der Waals surface area (Å²) in [6, 6.07) is 6.40. The molecule has 2 aliphatic heterocycles. The zero-order chi connectivity index (χ0) is 22.2. The van der Waals surface area contributed by atoms with Crippen LogP contribution >= 0.6 is 0 Å². The molecular weight excluding hydrogens is 412 g/mol. The molecular formula is C23H32N4O3S. The Hall–Kier alpha value is -2.22. The molecule has 2 aliphatic rings. The zero-order valence-corrected chi connectivity index (χ0v) is 19.4. The van der Waals surface area contributed by atoms with E-state index in [9.17, 15) is 13.2 Å². The molecule has 1 amide bonds. The predicted molar refractivity (Wildman–Crippen MR) is 123 cm³/mol. The number of amides is 1. The number of nitrogens with one attached hydrogen (secondary N) is 1. The van der Waals surface area contributed by atoms with E-state index in [0.29, 0.717) is 18.9 Å². The van der Waals surface area contributed by atoms with Crippen molar-refractivity contribution in [3.63, 3.8) is 0 Å². The second-order valence-electron chi connectivity index (χ2n) is 9.32. The lowest BCUT2D eigenvalue weighted by atomic mass is 9.95. The Morgan fingerprint density at radius 1 is 1.19 bits per heavy atom. The van der Waals surface area contributed by atoms with Gasteiger partial charge in [-0.3, -0.25) is 4.79 Å². The van der Waals surface area contributed by atoms with Crippen LogP contribution < -0.4 is 10.2 Å². The van der Waals surface area contributed by atoms with E-state index in [1.165, 1.54) is 5.56 Å². The summed E-state index contributed by atoms with van der Waals surface area (Å²) in [6.45, 7) is 8.34. The first-order valence-electron chi connectivity index (χ1n) is 11.2. The van der Waals surface area contributed by atoms with E-state index in [0.717, 1.165) is 48.5 Å². The van der Waals surface area contributed by atoms with E-state index < -0.39 is 9.84 Å². The smallest absolute Gasteiger partial charge is 0.226 e. The Labute approximate surface area is 184 Å². The van der Waals surface area contributed by atoms with E-state index >= 15 is 0 Å². The van der Waals surface area contributed by atoms with E-state index in [4.69, 9.17) is 9.97 Å². The van der Waals surface area contributed by atoms with Gasteiger partial charge in [0, 0.05) is 30.9 Å². The molecule has 1 aromatic heterocycles. The van der Waals surface area contributed by atoms with Crippen molar-refractivity contribution in [1.29, 1.82) is 0 Å². The number of carbonyl (C=O) groups excluding carboxylic acids is 1. The molecule has 0 saturated carbocycles. The van der Waals surface area contributed by atoms with Crippen LogP contribution in [0, 0.1) is 18.8 Å². The van der Waals surface area contributed by atoms with E-state index in [1.54, 1.807) is 0 Å². The van der Waals surface area contributed by atoms with Gasteiger partial charge in [0.2, 0.25) is 11.9 Å². The second kappa shape index (κ2) is 8.73. The van der Waals surface area contributed by atoms with Crippen molar-refractivity contribution in [2.45, 2.75) is 46.0 Å². The van der Waals surface area contributed by atoms with Gasteiger partial charge in [-0.05, 0) is 55.7 Å². The van der Waals surface area contributed by atoms with Crippen molar-refractivity contribution in [3.05, 3.63) is 29.5 Å². The van der Waals surface area contributed by atoms with Crippen LogP contribution in [0.3, 0.4) is 0 Å². The molecule has 31 heavy (non-hydrogen) atoms. The van der Waals surface area contributed by atoms with Gasteiger partial charge in [-0.2, -0.15) is 0 Å². The minimum absolute atomic E-state index is 0.0376. The van der Waals surface area contributed by atoms with E-state index in [2.05, 4.69) is 42.3 Å². The van der Waals surface area contributed by atoms with Crippen LogP contribution in [0.25, 0.3) is 10.9 Å². The van der Waals surface area contributed by atoms with Crippen LogP contribution in [-0.2, 0) is 14.6 Å². The number of hydrogen-bond donors (Lipinski definition) is 1. The van der Waals surface area contributed by atoms with Gasteiger partial charge in [0.05, 0.1) is 22.7 Å². The SMILES string of the molecule is Cc1nc(N2CCC(C(=O)NC[C@H]3CCS(=O)(=O)C3)CC2)nc2ccc(C(C)C)cc12. The van der Waals surface area contributed by atoms with Crippen molar-refractivity contribution in [1.82, 2.24) is 15.3 Å². The minimum Gasteiger partial charge on any atom is -0.356 e. The third-order valence-corrected chi connectivity index (χ3v) is 8.44. The second-order valence-corrected chi connectivity index (χ2v) is 11.5. The Kier molecular flexibility index (Phi) is 6.19. The molecule has 2 saturated heterocycles. The lowest BCUT2D eigenvalue weighted by molar-refractivity contribution is -0.125. The number of piperidine rings is 1. The van der Waals surface area contributed by atoms with E-state index in [1.807, 2.05) is 6.92 Å². The van der Waals surface area contributed by atoms with Gasteiger partial charge >= 0.3 is 0 Å². The highest BCUT2D eigenvalue weighted by atomic mass is 32.2. The topological polar surface area (TPSA) is 92.3 Å². The molecule has 168 valence electrons. The summed E-state index contributed by atoms with van der Waals surface area (Å²) in [5, 5.41) is 4.08. The fourth-order valence-electron chi connectivity index (χ4n) is 4.55. The summed E-state index contributed by atoms with van der Waals surface area (Å²) in [7, 11) is -2.90. The summed E-state index contributed by atoms with van der Waals surface area (Å²) >= 11 is 0. The van der Waals surface area contributed by atoms with Gasteiger partial charge in [-0.25, -0.2) is 18.4 Å². The van der Waals surface area contributed by atoms with Gasteiger partial charge in [0.25, 0.3) is 0 Å². The maximum atomic E-state index is 12.6. The predicted octanol–water partition coefficient (Wildman–Crippen LogP) is 2.83. The van der Waals surface area contributed by atoms with Crippen LogP contribution in [0.1, 0.15) is 50.3 Å². The van der Waals surface area contributed by atoms with Crippen LogP contribution in [0.5, 0.6) is 0 Å². The number of fused-ring (bicyclic) bond motifs is 1. The van der Waals surface area contributed by atoms with E-state index in [-0.39, 0.29) is 29.2 Å². The highest BCUT2D eigenvalue weighted by Gasteiger charge is 2.30. The molecule has 1 atom stereocenters. The van der Waals surface area contributed by atoms with Crippen LogP contribution in [0.4, 0.5) is 5.95 Å². The molecule has 4 rings (SSSR count). The summed E-state index contributed by atoms with van der Waals surface area (Å²) in [5.74, 6) is 1.70. The Balaban J connectivity index is 1.35. The number of hydrogen-bond acceptors (Lipinski definition) is 6. The van der Waals surface area contributed by atoms with Crippen molar-refractivity contribution in [2.24, 2.45) is 11.8 Å². The number of benzene rings is 1. The number of rotatable bonds is 5. The first-order chi connectivity index (χ1) is 14.7. The van der Waals surface area contributed by atoms with Gasteiger partial charge in [-0.15, -0.1) is 0 Å². The molecule has 8 heteroatoms. The summed E-state index contributed by atoms with van der Waals surface area (Å²) in [5.41, 5.74) is 3.22. The Morgan fingerprint density at radius 3 is 2.58 bits per heavy atom. The summed E-state index contributed by atoms with van der Waals surface area (Å²) in [6.07, 6.45) is 2.15. The van der Waals surface area contributed by atoms with Gasteiger partial charge in [0.15, 0.2) is 9.84 Å². The quantitative estimate of drug-likeness (QED) is 0.762. The molecule has 1 N–H and O–H groups in total. The van der Waals surface area contributed by atoms with Crippen molar-refractivity contribution in [2.75, 3.05) is 36.0 Å². The molecule has 2 aromatic rings. The van der Waals surface area contributed by atoms with Crippen molar-refractivity contribution < 1.29 is 13.2 Å². The summed E-state index contributed by atoms with van der Waals surface area (Å²) < 4.78 is 23.2. The maximum absolute atomic E-state index is 12.6. The van der Waals surface area contributed by atoms with Gasteiger partial charge < -0.3 is 10.2 Å². The lowest BCUT2D eigenvalue weighted by Gasteiger charge is -2.31. The average Bonchev–Trinajstić information content (AvgIpc) is 3.10. The molecule has 0 spiro atoms. The molecule has 1 aromatic carbocycles. The van der Waals surface area contributed by atoms with Gasteiger partial charge in [-0.1, -0.05) is 19.9 Å². The molecule has 7 nitrogen and oxygen atoms in total. The molecule has 0 unspecified atom stereocenters. The van der Waals surface area contributed by atoms with Gasteiger partial charge in [0.1, 0.15) is 0 Å². The monoisotopic (exact) mass is 444 g/mol. The fraction of sp³-hybridized carbons (Fsp3) is 0.609. The van der Waals surface area contributed by atoms with Crippen molar-refractivity contribution >= 4 is 32.6 Å². The number of nitrogens with zero attached hydrogens (tertiary/aromatic N) is 3. The largest absolute Gasteiger partial charge is 0.356 e. The highest BCUT2D eigenvalue weighted by Crippen LogP contribution is 2.26. The molecule has 0 bridgehead atoms. The number of aryl methyl sites for hydroxylation is 1. The normalized spacial score (nSPS) is 21.7. The lowest BCUT2D eigenvalue weighted by Crippen LogP contribution is -2.42. The van der Waals surface area contributed by atoms with Crippen LogP contribution in [0.2, 0.25) is 0 Å². The maximum Gasteiger partial charge on any atom is 0.226 e. The first kappa shape index (κ1) is 22.0. The Morgan fingerprint density at radius 2 is 1.94 bits per heavy atom. The highest BCUT2D eigenvalue weighted by molar-refractivity contribution is 7.91. The van der Waals surface area contributed by atoms with Crippen molar-refractivity contribution in [3.8, 4) is 0 Å². The molecule has 3 heterocycles. The molecule has 0 aliphatic carbocycles. The third-order valence-electron chi connectivity index (χ3n) is 6.61. The molecule has 2 fully saturated rings. The number of aromatic nitrogens is 2. The number of carbonyl (C=O) groups is 1. The molecule has 0 radical (unpaired) electrons. The summed E-state index contributed by atoms with van der Waals surface area (Å²) in [4.78, 5) is 24.3. The first-order valence-corrected chi connectivity index (χ1v) is 13.1. The fourth-order valence-corrected chi connectivity index (χ4v) is 6.41. The minimum atomic E-state index is -2.90. The number of sulfone groups is 1. The number of anilines is 1. The Bertz CT molecular complexity index is 1080. The van der Waals surface area contributed by atoms with Crippen LogP contribution in [-0.4, -0.2) is 55.4 Å². The average molecular weight is 445 g/mol. The third kappa shape index (κ3) is 5.00. The van der Waals surface area contributed by atoms with Crippen LogP contribution in [0.15, 0.2) is 18.2 Å². The standard InChI is InChI=1S/C23H32N4O3S/c1-15(2)19-4-5-21-20(12-19)16(3)25-23(26-21)27-9-6-18(7-10-27)22(28)24-13-17-8-11-31(29,30)14-17/h4-5,12,15,17-18H,6-11,13-14H2,1-3H3,(H,24,28)/t17-/m1/s1. The zero-order valence-electron chi connectivity index (χ0n) is 18.6.